The Hall–Kier alpha value is -3.11. The van der Waals surface area contributed by atoms with Crippen LogP contribution in [-0.2, 0) is 6.42 Å². The summed E-state index contributed by atoms with van der Waals surface area (Å²) in [6.07, 6.45) is 1.93. The summed E-state index contributed by atoms with van der Waals surface area (Å²) in [6.45, 7) is 3.87. The molecule has 3 rings (SSSR count). The van der Waals surface area contributed by atoms with Gasteiger partial charge in [-0.2, -0.15) is 5.26 Å². The molecule has 1 fully saturated rings. The van der Waals surface area contributed by atoms with Crippen molar-refractivity contribution in [3.8, 4) is 17.7 Å². The fraction of sp³-hybridized carbons (Fsp3) is 0.316. The van der Waals surface area contributed by atoms with Gasteiger partial charge in [-0.05, 0) is 42.7 Å². The Bertz CT molecular complexity index is 845. The first-order chi connectivity index (χ1) is 12.6. The van der Waals surface area contributed by atoms with Crippen LogP contribution in [0.25, 0.3) is 0 Å². The van der Waals surface area contributed by atoms with Gasteiger partial charge in [0.2, 0.25) is 5.88 Å². The molecule has 0 aliphatic carbocycles. The van der Waals surface area contributed by atoms with Gasteiger partial charge >= 0.3 is 6.03 Å². The molecule has 2 N–H and O–H groups in total. The quantitative estimate of drug-likeness (QED) is 0.862. The van der Waals surface area contributed by atoms with Crippen LogP contribution in [0.5, 0.6) is 11.6 Å². The van der Waals surface area contributed by atoms with Crippen molar-refractivity contribution in [1.82, 2.24) is 10.3 Å². The van der Waals surface area contributed by atoms with Gasteiger partial charge in [-0.15, -0.1) is 0 Å². The van der Waals surface area contributed by atoms with E-state index in [0.29, 0.717) is 29.3 Å². The lowest BCUT2D eigenvalue weighted by molar-refractivity contribution is 0.159. The number of pyridine rings is 1. The van der Waals surface area contributed by atoms with Crippen molar-refractivity contribution >= 4 is 11.7 Å². The van der Waals surface area contributed by atoms with Crippen LogP contribution < -0.4 is 15.0 Å². The smallest absolute Gasteiger partial charge is 0.324 e. The third-order valence-electron chi connectivity index (χ3n) is 4.39. The molecule has 1 aromatic heterocycles. The molecule has 7 heteroatoms. The fourth-order valence-electron chi connectivity index (χ4n) is 2.92. The first-order valence-corrected chi connectivity index (χ1v) is 8.52. The van der Waals surface area contributed by atoms with E-state index in [2.05, 4.69) is 16.4 Å². The van der Waals surface area contributed by atoms with Crippen LogP contribution in [0.4, 0.5) is 10.5 Å². The predicted molar refractivity (Wildman–Crippen MR) is 95.9 cm³/mol. The topological polar surface area (TPSA) is 98.5 Å². The predicted octanol–water partition coefficient (Wildman–Crippen LogP) is 2.93. The summed E-state index contributed by atoms with van der Waals surface area (Å²) in [7, 11) is 0. The van der Waals surface area contributed by atoms with Crippen LogP contribution in [0.2, 0.25) is 0 Å². The minimum atomic E-state index is -0.924. The number of rotatable bonds is 5. The number of aryl methyl sites for hydroxylation is 1. The van der Waals surface area contributed by atoms with Crippen molar-refractivity contribution < 1.29 is 14.6 Å². The van der Waals surface area contributed by atoms with E-state index in [0.717, 1.165) is 12.0 Å². The number of carbonyl (C=O) groups is 1. The average molecular weight is 352 g/mol. The number of aliphatic hydroxyl groups is 1. The number of nitriles is 1. The van der Waals surface area contributed by atoms with E-state index >= 15 is 0 Å². The van der Waals surface area contributed by atoms with Crippen molar-refractivity contribution in [1.29, 1.82) is 5.26 Å². The van der Waals surface area contributed by atoms with Gasteiger partial charge in [0.15, 0.2) is 6.23 Å². The van der Waals surface area contributed by atoms with Crippen molar-refractivity contribution in [2.75, 3.05) is 4.90 Å². The minimum absolute atomic E-state index is 0.301. The number of benzene rings is 1. The average Bonchev–Trinajstić information content (AvgIpc) is 2.96. The molecule has 26 heavy (non-hydrogen) atoms. The van der Waals surface area contributed by atoms with Crippen molar-refractivity contribution in [2.45, 2.75) is 39.0 Å². The SMILES string of the molecule is CCc1cc(Oc2ccc(N3C(=O)N[C@H](CC)C3O)cn2)ccc1C#N. The summed E-state index contributed by atoms with van der Waals surface area (Å²) >= 11 is 0. The Morgan fingerprint density at radius 2 is 2.15 bits per heavy atom. The fourth-order valence-corrected chi connectivity index (χ4v) is 2.92. The van der Waals surface area contributed by atoms with E-state index in [1.807, 2.05) is 19.9 Å². The minimum Gasteiger partial charge on any atom is -0.439 e. The van der Waals surface area contributed by atoms with E-state index in [4.69, 9.17) is 10.00 Å². The largest absolute Gasteiger partial charge is 0.439 e. The van der Waals surface area contributed by atoms with E-state index in [-0.39, 0.29) is 12.1 Å². The first-order valence-electron chi connectivity index (χ1n) is 8.52. The second-order valence-electron chi connectivity index (χ2n) is 5.99. The number of amides is 2. The number of anilines is 1. The standard InChI is InChI=1S/C19H20N4O3/c1-3-12-9-15(7-5-13(12)10-20)26-17-8-6-14(11-21-17)23-18(24)16(4-2)22-19(23)25/h5-9,11,16,18,24H,3-4H2,1-2H3,(H,22,25)/t16-,18?/m1/s1. The molecule has 0 bridgehead atoms. The molecular weight excluding hydrogens is 332 g/mol. The van der Waals surface area contributed by atoms with Gasteiger partial charge in [-0.3, -0.25) is 4.90 Å². The van der Waals surface area contributed by atoms with E-state index in [9.17, 15) is 9.90 Å². The summed E-state index contributed by atoms with van der Waals surface area (Å²) in [6, 6.07) is 10.1. The second-order valence-corrected chi connectivity index (χ2v) is 5.99. The summed E-state index contributed by atoms with van der Waals surface area (Å²) < 4.78 is 5.73. The number of urea groups is 1. The van der Waals surface area contributed by atoms with Gasteiger partial charge in [0, 0.05) is 6.07 Å². The van der Waals surface area contributed by atoms with Gasteiger partial charge < -0.3 is 15.2 Å². The molecule has 134 valence electrons. The summed E-state index contributed by atoms with van der Waals surface area (Å²) in [5.74, 6) is 0.952. The Kier molecular flexibility index (Phi) is 5.05. The number of aliphatic hydroxyl groups excluding tert-OH is 1. The Morgan fingerprint density at radius 3 is 2.73 bits per heavy atom. The van der Waals surface area contributed by atoms with Gasteiger partial charge in [-0.1, -0.05) is 13.8 Å². The molecule has 1 saturated heterocycles. The molecule has 1 aliphatic rings. The normalized spacial score (nSPS) is 19.2. The van der Waals surface area contributed by atoms with Gasteiger partial charge in [0.1, 0.15) is 5.75 Å². The highest BCUT2D eigenvalue weighted by Crippen LogP contribution is 2.27. The molecule has 0 radical (unpaired) electrons. The zero-order chi connectivity index (χ0) is 18.7. The monoisotopic (exact) mass is 352 g/mol. The molecule has 1 aliphatic heterocycles. The Labute approximate surface area is 151 Å². The number of hydrogen-bond donors (Lipinski definition) is 2. The first kappa shape index (κ1) is 17.7. The van der Waals surface area contributed by atoms with Crippen LogP contribution in [0.1, 0.15) is 31.4 Å². The highest BCUT2D eigenvalue weighted by atomic mass is 16.5. The molecule has 0 spiro atoms. The Morgan fingerprint density at radius 1 is 1.35 bits per heavy atom. The van der Waals surface area contributed by atoms with Crippen LogP contribution in [0, 0.1) is 11.3 Å². The lowest BCUT2D eigenvalue weighted by Crippen LogP contribution is -2.36. The number of nitrogens with zero attached hydrogens (tertiary/aromatic N) is 3. The van der Waals surface area contributed by atoms with E-state index < -0.39 is 6.23 Å². The van der Waals surface area contributed by atoms with Crippen LogP contribution in [-0.4, -0.2) is 28.4 Å². The van der Waals surface area contributed by atoms with Gasteiger partial charge in [0.25, 0.3) is 0 Å². The van der Waals surface area contributed by atoms with E-state index in [1.54, 1.807) is 24.3 Å². The second kappa shape index (κ2) is 7.42. The van der Waals surface area contributed by atoms with Crippen LogP contribution in [0.15, 0.2) is 36.5 Å². The maximum atomic E-state index is 12.0. The third-order valence-corrected chi connectivity index (χ3v) is 4.39. The molecule has 1 aromatic carbocycles. The molecule has 2 atom stereocenters. The number of ether oxygens (including phenoxy) is 1. The molecule has 2 aromatic rings. The van der Waals surface area contributed by atoms with Crippen LogP contribution >= 0.6 is 0 Å². The third kappa shape index (κ3) is 3.32. The zero-order valence-corrected chi connectivity index (χ0v) is 14.6. The molecule has 1 unspecified atom stereocenters. The number of aromatic nitrogens is 1. The molecular formula is C19H20N4O3. The number of nitrogens with one attached hydrogen (secondary N) is 1. The molecule has 2 heterocycles. The molecule has 2 amide bonds. The lowest BCUT2D eigenvalue weighted by atomic mass is 10.1. The lowest BCUT2D eigenvalue weighted by Gasteiger charge is -2.20. The number of carbonyl (C=O) groups excluding carboxylic acids is 1. The Balaban J connectivity index is 1.76. The molecule has 7 nitrogen and oxygen atoms in total. The maximum absolute atomic E-state index is 12.0. The summed E-state index contributed by atoms with van der Waals surface area (Å²) in [5.41, 5.74) is 2.03. The summed E-state index contributed by atoms with van der Waals surface area (Å²) in [4.78, 5) is 17.5. The van der Waals surface area contributed by atoms with Crippen LogP contribution in [0.3, 0.4) is 0 Å². The molecule has 0 saturated carbocycles. The highest BCUT2D eigenvalue weighted by Gasteiger charge is 2.38. The van der Waals surface area contributed by atoms with Gasteiger partial charge in [-0.25, -0.2) is 9.78 Å². The van der Waals surface area contributed by atoms with Crippen molar-refractivity contribution in [3.63, 3.8) is 0 Å². The van der Waals surface area contributed by atoms with Crippen molar-refractivity contribution in [3.05, 3.63) is 47.7 Å². The number of hydrogen-bond acceptors (Lipinski definition) is 5. The van der Waals surface area contributed by atoms with Gasteiger partial charge in [0.05, 0.1) is 29.6 Å². The maximum Gasteiger partial charge on any atom is 0.324 e. The zero-order valence-electron chi connectivity index (χ0n) is 14.6. The highest BCUT2D eigenvalue weighted by molar-refractivity contribution is 5.94. The summed E-state index contributed by atoms with van der Waals surface area (Å²) in [5, 5.41) is 22.1. The van der Waals surface area contributed by atoms with E-state index in [1.165, 1.54) is 11.1 Å². The van der Waals surface area contributed by atoms with Crippen molar-refractivity contribution in [2.24, 2.45) is 0 Å².